The van der Waals surface area contributed by atoms with Crippen molar-refractivity contribution in [2.45, 2.75) is 13.5 Å². The number of amides is 2. The highest BCUT2D eigenvalue weighted by Crippen LogP contribution is 2.20. The maximum absolute atomic E-state index is 11.5. The lowest BCUT2D eigenvalue weighted by atomic mass is 10.1. The number of fused-ring (bicyclic) bond motifs is 1. The van der Waals surface area contributed by atoms with Gasteiger partial charge in [0.25, 0.3) is 0 Å². The molecular formula is C11H12N2O3. The zero-order valence-electron chi connectivity index (χ0n) is 8.87. The van der Waals surface area contributed by atoms with Crippen molar-refractivity contribution < 1.29 is 14.3 Å². The van der Waals surface area contributed by atoms with Gasteiger partial charge in [-0.25, -0.2) is 9.59 Å². The van der Waals surface area contributed by atoms with Crippen LogP contribution in [0.2, 0.25) is 0 Å². The summed E-state index contributed by atoms with van der Waals surface area (Å²) in [5, 5.41) is 5.29. The van der Waals surface area contributed by atoms with E-state index in [0.29, 0.717) is 18.7 Å². The molecule has 16 heavy (non-hydrogen) atoms. The molecule has 0 spiro atoms. The zero-order valence-corrected chi connectivity index (χ0v) is 8.87. The molecule has 0 aromatic heterocycles. The Bertz CT molecular complexity index is 443. The monoisotopic (exact) mass is 220 g/mol. The molecule has 1 aliphatic rings. The first-order valence-corrected chi connectivity index (χ1v) is 5.05. The van der Waals surface area contributed by atoms with Crippen LogP contribution in [-0.4, -0.2) is 18.6 Å². The molecule has 5 heteroatoms. The van der Waals surface area contributed by atoms with Crippen molar-refractivity contribution in [2.24, 2.45) is 0 Å². The van der Waals surface area contributed by atoms with E-state index in [4.69, 9.17) is 4.74 Å². The molecule has 0 unspecified atom stereocenters. The number of ether oxygens (including phenoxy) is 1. The molecule has 2 rings (SSSR count). The predicted octanol–water partition coefficient (Wildman–Crippen LogP) is 1.50. The molecular weight excluding hydrogens is 208 g/mol. The van der Waals surface area contributed by atoms with E-state index in [1.54, 1.807) is 25.1 Å². The molecule has 0 saturated heterocycles. The van der Waals surface area contributed by atoms with Crippen molar-refractivity contribution >= 4 is 17.7 Å². The minimum Gasteiger partial charge on any atom is -0.462 e. The molecule has 0 bridgehead atoms. The molecule has 1 aromatic carbocycles. The summed E-state index contributed by atoms with van der Waals surface area (Å²) in [7, 11) is 0. The van der Waals surface area contributed by atoms with Gasteiger partial charge in [-0.2, -0.15) is 0 Å². The van der Waals surface area contributed by atoms with Crippen LogP contribution in [0, 0.1) is 0 Å². The molecule has 5 nitrogen and oxygen atoms in total. The van der Waals surface area contributed by atoms with Gasteiger partial charge in [-0.3, -0.25) is 0 Å². The number of hydrogen-bond acceptors (Lipinski definition) is 3. The molecule has 1 aliphatic heterocycles. The van der Waals surface area contributed by atoms with Gasteiger partial charge in [-0.1, -0.05) is 0 Å². The fourth-order valence-corrected chi connectivity index (χ4v) is 1.55. The lowest BCUT2D eigenvalue weighted by Crippen LogP contribution is -2.33. The van der Waals surface area contributed by atoms with Crippen LogP contribution in [0.3, 0.4) is 0 Å². The summed E-state index contributed by atoms with van der Waals surface area (Å²) in [6.45, 7) is 2.54. The molecule has 2 N–H and O–H groups in total. The highest BCUT2D eigenvalue weighted by molar-refractivity contribution is 5.95. The molecule has 84 valence electrons. The van der Waals surface area contributed by atoms with E-state index in [2.05, 4.69) is 10.6 Å². The van der Waals surface area contributed by atoms with Crippen LogP contribution < -0.4 is 10.6 Å². The molecule has 0 saturated carbocycles. The Kier molecular flexibility index (Phi) is 2.76. The summed E-state index contributed by atoms with van der Waals surface area (Å²) in [5.41, 5.74) is 2.11. The van der Waals surface area contributed by atoms with Crippen LogP contribution in [0.5, 0.6) is 0 Å². The van der Waals surface area contributed by atoms with Crippen LogP contribution in [0.1, 0.15) is 22.8 Å². The average molecular weight is 220 g/mol. The minimum atomic E-state index is -0.345. The summed E-state index contributed by atoms with van der Waals surface area (Å²) in [6.07, 6.45) is 0. The van der Waals surface area contributed by atoms with Crippen molar-refractivity contribution in [3.8, 4) is 0 Å². The van der Waals surface area contributed by atoms with Gasteiger partial charge < -0.3 is 15.4 Å². The van der Waals surface area contributed by atoms with Gasteiger partial charge in [-0.05, 0) is 30.7 Å². The third-order valence-electron chi connectivity index (χ3n) is 2.30. The summed E-state index contributed by atoms with van der Waals surface area (Å²) < 4.78 is 4.89. The number of rotatable bonds is 2. The van der Waals surface area contributed by atoms with Gasteiger partial charge in [0.05, 0.1) is 12.2 Å². The van der Waals surface area contributed by atoms with Gasteiger partial charge in [-0.15, -0.1) is 0 Å². The molecule has 1 aromatic rings. The van der Waals surface area contributed by atoms with Crippen LogP contribution in [0.4, 0.5) is 10.5 Å². The summed E-state index contributed by atoms with van der Waals surface area (Å²) in [6, 6.07) is 4.85. The smallest absolute Gasteiger partial charge is 0.338 e. The highest BCUT2D eigenvalue weighted by Gasteiger charge is 2.16. The molecule has 2 amide bonds. The predicted molar refractivity (Wildman–Crippen MR) is 58.3 cm³/mol. The second kappa shape index (κ2) is 4.22. The molecule has 0 atom stereocenters. The van der Waals surface area contributed by atoms with Crippen LogP contribution in [0.15, 0.2) is 18.2 Å². The van der Waals surface area contributed by atoms with E-state index in [1.165, 1.54) is 0 Å². The molecule has 0 radical (unpaired) electrons. The van der Waals surface area contributed by atoms with Crippen molar-refractivity contribution in [3.63, 3.8) is 0 Å². The van der Waals surface area contributed by atoms with Crippen molar-refractivity contribution in [1.82, 2.24) is 5.32 Å². The lowest BCUT2D eigenvalue weighted by molar-refractivity contribution is 0.0526. The normalized spacial score (nSPS) is 13.4. The maximum atomic E-state index is 11.5. The number of urea groups is 1. The van der Waals surface area contributed by atoms with Gasteiger partial charge in [0.15, 0.2) is 0 Å². The summed E-state index contributed by atoms with van der Waals surface area (Å²) in [4.78, 5) is 22.5. The quantitative estimate of drug-likeness (QED) is 0.742. The largest absolute Gasteiger partial charge is 0.462 e. The standard InChI is InChI=1S/C11H12N2O3/c1-2-16-10(14)7-3-4-9-8(5-7)6-12-11(15)13-9/h3-5H,2,6H2,1H3,(H2,12,13,15). The number of benzene rings is 1. The number of carbonyl (C=O) groups excluding carboxylic acids is 2. The van der Waals surface area contributed by atoms with E-state index in [1.807, 2.05) is 0 Å². The highest BCUT2D eigenvalue weighted by atomic mass is 16.5. The fourth-order valence-electron chi connectivity index (χ4n) is 1.55. The van der Waals surface area contributed by atoms with Crippen molar-refractivity contribution in [3.05, 3.63) is 29.3 Å². The lowest BCUT2D eigenvalue weighted by Gasteiger charge is -2.18. The Hall–Kier alpha value is -2.04. The second-order valence-electron chi connectivity index (χ2n) is 3.40. The van der Waals surface area contributed by atoms with Crippen LogP contribution >= 0.6 is 0 Å². The van der Waals surface area contributed by atoms with Gasteiger partial charge in [0, 0.05) is 12.2 Å². The van der Waals surface area contributed by atoms with E-state index >= 15 is 0 Å². The third kappa shape index (κ3) is 1.98. The Morgan fingerprint density at radius 2 is 2.31 bits per heavy atom. The van der Waals surface area contributed by atoms with E-state index in [9.17, 15) is 9.59 Å². The van der Waals surface area contributed by atoms with Gasteiger partial charge in [0.1, 0.15) is 0 Å². The Morgan fingerprint density at radius 3 is 3.06 bits per heavy atom. The van der Waals surface area contributed by atoms with Gasteiger partial charge in [0.2, 0.25) is 0 Å². The van der Waals surface area contributed by atoms with Crippen molar-refractivity contribution in [2.75, 3.05) is 11.9 Å². The number of nitrogens with one attached hydrogen (secondary N) is 2. The molecule has 0 aliphatic carbocycles. The number of esters is 1. The van der Waals surface area contributed by atoms with E-state index in [-0.39, 0.29) is 12.0 Å². The van der Waals surface area contributed by atoms with E-state index < -0.39 is 0 Å². The van der Waals surface area contributed by atoms with Crippen LogP contribution in [0.25, 0.3) is 0 Å². The third-order valence-corrected chi connectivity index (χ3v) is 2.30. The summed E-state index contributed by atoms with van der Waals surface area (Å²) >= 11 is 0. The zero-order chi connectivity index (χ0) is 11.5. The number of anilines is 1. The minimum absolute atomic E-state index is 0.226. The van der Waals surface area contributed by atoms with Crippen molar-refractivity contribution in [1.29, 1.82) is 0 Å². The first-order valence-electron chi connectivity index (χ1n) is 5.05. The second-order valence-corrected chi connectivity index (χ2v) is 3.40. The van der Waals surface area contributed by atoms with E-state index in [0.717, 1.165) is 11.3 Å². The summed E-state index contributed by atoms with van der Waals surface area (Å²) in [5.74, 6) is -0.345. The molecule has 1 heterocycles. The Balaban J connectivity index is 2.26. The Labute approximate surface area is 92.8 Å². The van der Waals surface area contributed by atoms with Crippen LogP contribution in [-0.2, 0) is 11.3 Å². The maximum Gasteiger partial charge on any atom is 0.338 e. The first-order chi connectivity index (χ1) is 7.70. The van der Waals surface area contributed by atoms with Gasteiger partial charge >= 0.3 is 12.0 Å². The fraction of sp³-hybridized carbons (Fsp3) is 0.273. The average Bonchev–Trinajstić information content (AvgIpc) is 2.28. The SMILES string of the molecule is CCOC(=O)c1ccc2c(c1)CNC(=O)N2. The topological polar surface area (TPSA) is 67.4 Å². The number of hydrogen-bond donors (Lipinski definition) is 2. The first kappa shape index (κ1) is 10.5. The molecule has 0 fully saturated rings. The number of carbonyl (C=O) groups is 2. The Morgan fingerprint density at radius 1 is 1.50 bits per heavy atom.